The molecule has 25 heavy (non-hydrogen) atoms. The van der Waals surface area contributed by atoms with Gasteiger partial charge in [-0.1, -0.05) is 48.9 Å². The van der Waals surface area contributed by atoms with E-state index in [2.05, 4.69) is 44.2 Å². The molecule has 0 radical (unpaired) electrons. The third-order valence-electron chi connectivity index (χ3n) is 4.65. The third kappa shape index (κ3) is 9.20. The van der Waals surface area contributed by atoms with Crippen LogP contribution in [-0.2, 0) is 20.8 Å². The molecule has 0 aromatic heterocycles. The van der Waals surface area contributed by atoms with Crippen LogP contribution in [0.15, 0.2) is 42.0 Å². The van der Waals surface area contributed by atoms with E-state index in [0.29, 0.717) is 19.1 Å². The number of hydrogen-bond donors (Lipinski definition) is 0. The van der Waals surface area contributed by atoms with Crippen molar-refractivity contribution in [2.45, 2.75) is 65.3 Å². The molecule has 1 saturated heterocycles. The smallest absolute Gasteiger partial charge is 0.158 e. The molecule has 140 valence electrons. The Labute approximate surface area is 153 Å². The second-order valence-electron chi connectivity index (χ2n) is 7.17. The topological polar surface area (TPSA) is 27.7 Å². The first-order chi connectivity index (χ1) is 12.2. The SMILES string of the molecule is C/C(=C/CCC(C)CCOCc1ccccc1)COC1CCCCO1. The second kappa shape index (κ2) is 12.2. The Morgan fingerprint density at radius 3 is 2.84 bits per heavy atom. The molecule has 2 rings (SSSR count). The molecule has 3 nitrogen and oxygen atoms in total. The zero-order valence-corrected chi connectivity index (χ0v) is 15.9. The van der Waals surface area contributed by atoms with Gasteiger partial charge < -0.3 is 14.2 Å². The molecule has 2 atom stereocenters. The van der Waals surface area contributed by atoms with Crippen molar-refractivity contribution in [3.05, 3.63) is 47.5 Å². The van der Waals surface area contributed by atoms with E-state index in [1.165, 1.54) is 30.4 Å². The molecule has 1 aliphatic rings. The normalized spacial score (nSPS) is 19.8. The summed E-state index contributed by atoms with van der Waals surface area (Å²) >= 11 is 0. The third-order valence-corrected chi connectivity index (χ3v) is 4.65. The van der Waals surface area contributed by atoms with E-state index >= 15 is 0 Å². The van der Waals surface area contributed by atoms with Crippen LogP contribution < -0.4 is 0 Å². The van der Waals surface area contributed by atoms with Gasteiger partial charge in [-0.15, -0.1) is 0 Å². The Balaban J connectivity index is 1.49. The van der Waals surface area contributed by atoms with Gasteiger partial charge in [0.15, 0.2) is 6.29 Å². The molecule has 3 heteroatoms. The molecule has 1 heterocycles. The van der Waals surface area contributed by atoms with E-state index in [0.717, 1.165) is 32.5 Å². The lowest BCUT2D eigenvalue weighted by Crippen LogP contribution is -2.22. The summed E-state index contributed by atoms with van der Waals surface area (Å²) in [7, 11) is 0. The highest BCUT2D eigenvalue weighted by Crippen LogP contribution is 2.16. The molecule has 1 aliphatic heterocycles. The lowest BCUT2D eigenvalue weighted by molar-refractivity contribution is -0.156. The molecule has 0 bridgehead atoms. The van der Waals surface area contributed by atoms with Gasteiger partial charge in [0, 0.05) is 13.2 Å². The molecule has 0 amide bonds. The highest BCUT2D eigenvalue weighted by atomic mass is 16.7. The number of benzene rings is 1. The minimum Gasteiger partial charge on any atom is -0.377 e. The zero-order chi connectivity index (χ0) is 17.7. The Kier molecular flexibility index (Phi) is 9.86. The number of ether oxygens (including phenoxy) is 3. The van der Waals surface area contributed by atoms with Gasteiger partial charge in [-0.25, -0.2) is 0 Å². The van der Waals surface area contributed by atoms with E-state index in [1.807, 2.05) is 6.07 Å². The van der Waals surface area contributed by atoms with Gasteiger partial charge in [0.1, 0.15) is 0 Å². The van der Waals surface area contributed by atoms with Gasteiger partial charge in [-0.3, -0.25) is 0 Å². The van der Waals surface area contributed by atoms with Crippen LogP contribution >= 0.6 is 0 Å². The first-order valence-electron chi connectivity index (χ1n) is 9.74. The highest BCUT2D eigenvalue weighted by Gasteiger charge is 2.13. The summed E-state index contributed by atoms with van der Waals surface area (Å²) in [4.78, 5) is 0. The average molecular weight is 347 g/mol. The molecule has 2 unspecified atom stereocenters. The first kappa shape index (κ1) is 20.2. The van der Waals surface area contributed by atoms with Gasteiger partial charge in [-0.05, 0) is 56.9 Å². The standard InChI is InChI=1S/C22H34O3/c1-19(14-16-23-18-21-11-4-3-5-12-21)9-8-10-20(2)17-25-22-13-6-7-15-24-22/h3-5,10-12,19,22H,6-9,13-18H2,1-2H3/b20-10-. The van der Waals surface area contributed by atoms with E-state index in [4.69, 9.17) is 14.2 Å². The Morgan fingerprint density at radius 1 is 1.24 bits per heavy atom. The van der Waals surface area contributed by atoms with Crippen molar-refractivity contribution in [1.82, 2.24) is 0 Å². The predicted octanol–water partition coefficient (Wildman–Crippen LogP) is 5.50. The maximum absolute atomic E-state index is 5.81. The lowest BCUT2D eigenvalue weighted by Gasteiger charge is -2.22. The quantitative estimate of drug-likeness (QED) is 0.391. The van der Waals surface area contributed by atoms with Crippen LogP contribution in [0.25, 0.3) is 0 Å². The molecular weight excluding hydrogens is 312 g/mol. The fraction of sp³-hybridized carbons (Fsp3) is 0.636. The van der Waals surface area contributed by atoms with Crippen LogP contribution in [0.2, 0.25) is 0 Å². The number of allylic oxidation sites excluding steroid dienone is 1. The summed E-state index contributed by atoms with van der Waals surface area (Å²) in [5.41, 5.74) is 2.55. The van der Waals surface area contributed by atoms with Crippen molar-refractivity contribution >= 4 is 0 Å². The molecule has 1 aromatic carbocycles. The molecular formula is C22H34O3. The predicted molar refractivity (Wildman–Crippen MR) is 102 cm³/mol. The Bertz CT molecular complexity index is 477. The number of rotatable bonds is 11. The Hall–Kier alpha value is -1.16. The van der Waals surface area contributed by atoms with Crippen LogP contribution in [0.1, 0.15) is 57.9 Å². The van der Waals surface area contributed by atoms with E-state index in [-0.39, 0.29) is 6.29 Å². The Morgan fingerprint density at radius 2 is 2.08 bits per heavy atom. The summed E-state index contributed by atoms with van der Waals surface area (Å²) in [5, 5.41) is 0. The van der Waals surface area contributed by atoms with Crippen molar-refractivity contribution in [3.63, 3.8) is 0 Å². The number of hydrogen-bond acceptors (Lipinski definition) is 3. The zero-order valence-electron chi connectivity index (χ0n) is 15.9. The first-order valence-corrected chi connectivity index (χ1v) is 9.74. The fourth-order valence-corrected chi connectivity index (χ4v) is 2.93. The summed E-state index contributed by atoms with van der Waals surface area (Å²) in [6.07, 6.45) is 9.17. The van der Waals surface area contributed by atoms with E-state index in [9.17, 15) is 0 Å². The summed E-state index contributed by atoms with van der Waals surface area (Å²) in [6.45, 7) is 7.54. The minimum absolute atomic E-state index is 0.0118. The fourth-order valence-electron chi connectivity index (χ4n) is 2.93. The van der Waals surface area contributed by atoms with Gasteiger partial charge in [0.2, 0.25) is 0 Å². The van der Waals surface area contributed by atoms with Crippen LogP contribution in [-0.4, -0.2) is 26.1 Å². The van der Waals surface area contributed by atoms with Crippen molar-refractivity contribution in [2.75, 3.05) is 19.8 Å². The lowest BCUT2D eigenvalue weighted by atomic mass is 10.0. The monoisotopic (exact) mass is 346 g/mol. The highest BCUT2D eigenvalue weighted by molar-refractivity contribution is 5.13. The molecule has 1 fully saturated rings. The van der Waals surface area contributed by atoms with Crippen LogP contribution in [0.4, 0.5) is 0 Å². The largest absolute Gasteiger partial charge is 0.377 e. The van der Waals surface area contributed by atoms with Gasteiger partial charge in [0.05, 0.1) is 13.2 Å². The van der Waals surface area contributed by atoms with Crippen molar-refractivity contribution in [3.8, 4) is 0 Å². The molecule has 0 N–H and O–H groups in total. The van der Waals surface area contributed by atoms with Crippen molar-refractivity contribution in [2.24, 2.45) is 5.92 Å². The van der Waals surface area contributed by atoms with Crippen molar-refractivity contribution < 1.29 is 14.2 Å². The minimum atomic E-state index is 0.0118. The van der Waals surface area contributed by atoms with E-state index in [1.54, 1.807) is 0 Å². The summed E-state index contributed by atoms with van der Waals surface area (Å²) in [6, 6.07) is 10.4. The van der Waals surface area contributed by atoms with Gasteiger partial charge >= 0.3 is 0 Å². The van der Waals surface area contributed by atoms with Crippen LogP contribution in [0.5, 0.6) is 0 Å². The van der Waals surface area contributed by atoms with Gasteiger partial charge in [-0.2, -0.15) is 0 Å². The average Bonchev–Trinajstić information content (AvgIpc) is 2.65. The summed E-state index contributed by atoms with van der Waals surface area (Å²) in [5.74, 6) is 0.683. The molecule has 0 aliphatic carbocycles. The maximum Gasteiger partial charge on any atom is 0.158 e. The van der Waals surface area contributed by atoms with Crippen molar-refractivity contribution in [1.29, 1.82) is 0 Å². The van der Waals surface area contributed by atoms with E-state index < -0.39 is 0 Å². The molecule has 1 aromatic rings. The second-order valence-corrected chi connectivity index (χ2v) is 7.17. The maximum atomic E-state index is 5.81. The molecule has 0 spiro atoms. The van der Waals surface area contributed by atoms with Crippen LogP contribution in [0.3, 0.4) is 0 Å². The van der Waals surface area contributed by atoms with Gasteiger partial charge in [0.25, 0.3) is 0 Å². The molecule has 0 saturated carbocycles. The van der Waals surface area contributed by atoms with Crippen LogP contribution in [0, 0.1) is 5.92 Å². The summed E-state index contributed by atoms with van der Waals surface area (Å²) < 4.78 is 17.2.